The van der Waals surface area contributed by atoms with Gasteiger partial charge in [-0.1, -0.05) is 30.3 Å². The average molecular weight is 563 g/mol. The number of hydrogen-bond donors (Lipinski definition) is 5. The summed E-state index contributed by atoms with van der Waals surface area (Å²) in [6.45, 7) is 1.09. The number of amides is 2. The number of aromatic amines is 1. The zero-order valence-corrected chi connectivity index (χ0v) is 22.2. The topological polar surface area (TPSA) is 161 Å². The summed E-state index contributed by atoms with van der Waals surface area (Å²) in [5.41, 5.74) is 2.65. The quantitative estimate of drug-likeness (QED) is 0.204. The van der Waals surface area contributed by atoms with Gasteiger partial charge in [0.05, 0.1) is 12.7 Å². The van der Waals surface area contributed by atoms with Crippen molar-refractivity contribution in [2.45, 2.75) is 25.6 Å². The van der Waals surface area contributed by atoms with Gasteiger partial charge in [-0.25, -0.2) is 9.59 Å². The van der Waals surface area contributed by atoms with Crippen LogP contribution in [0.1, 0.15) is 36.9 Å². The highest BCUT2D eigenvalue weighted by molar-refractivity contribution is 7.17. The summed E-state index contributed by atoms with van der Waals surface area (Å²) >= 11 is 1.05. The van der Waals surface area contributed by atoms with E-state index in [9.17, 15) is 24.3 Å². The Kier molecular flexibility index (Phi) is 7.54. The van der Waals surface area contributed by atoms with Gasteiger partial charge in [-0.2, -0.15) is 0 Å². The van der Waals surface area contributed by atoms with E-state index in [1.54, 1.807) is 13.2 Å². The van der Waals surface area contributed by atoms with Crippen LogP contribution in [0.25, 0.3) is 10.9 Å². The van der Waals surface area contributed by atoms with Crippen LogP contribution < -0.4 is 15.4 Å². The zero-order valence-electron chi connectivity index (χ0n) is 21.4. The van der Waals surface area contributed by atoms with Crippen LogP contribution in [-0.4, -0.2) is 63.5 Å². The summed E-state index contributed by atoms with van der Waals surface area (Å²) in [5, 5.41) is 25.0. The SMILES string of the molecule is COc1ccc(CN2Cc3sc(NC(=O)C(=O)O)c(C(=O)O)c3CC2CNC(=O)c2cc3ccccc3[nH]2)cc1. The maximum atomic E-state index is 13.0. The van der Waals surface area contributed by atoms with E-state index in [1.165, 1.54) is 0 Å². The lowest BCUT2D eigenvalue weighted by Crippen LogP contribution is -2.47. The molecule has 5 N–H and O–H groups in total. The molecule has 0 bridgehead atoms. The van der Waals surface area contributed by atoms with Crippen molar-refractivity contribution in [2.75, 3.05) is 19.0 Å². The van der Waals surface area contributed by atoms with Crippen molar-refractivity contribution in [1.29, 1.82) is 0 Å². The molecule has 1 aliphatic heterocycles. The molecular formula is C28H26N4O7S. The van der Waals surface area contributed by atoms with Crippen LogP contribution >= 0.6 is 11.3 Å². The first-order valence-corrected chi connectivity index (χ1v) is 13.2. The first-order valence-electron chi connectivity index (χ1n) is 12.4. The number of anilines is 1. The van der Waals surface area contributed by atoms with Crippen molar-refractivity contribution in [3.05, 3.63) is 81.9 Å². The molecule has 0 saturated carbocycles. The molecule has 1 unspecified atom stereocenters. The van der Waals surface area contributed by atoms with Gasteiger partial charge in [-0.15, -0.1) is 11.3 Å². The molecule has 0 aliphatic carbocycles. The van der Waals surface area contributed by atoms with Gasteiger partial charge >= 0.3 is 17.8 Å². The first-order chi connectivity index (χ1) is 19.2. The number of thiophene rings is 1. The van der Waals surface area contributed by atoms with Gasteiger partial charge in [0.1, 0.15) is 16.4 Å². The van der Waals surface area contributed by atoms with E-state index in [-0.39, 0.29) is 35.5 Å². The molecule has 0 fully saturated rings. The molecule has 206 valence electrons. The third-order valence-corrected chi connectivity index (χ3v) is 7.98. The number of carbonyl (C=O) groups excluding carboxylic acids is 2. The number of carboxylic acids is 2. The number of carbonyl (C=O) groups is 4. The number of rotatable bonds is 8. The molecule has 0 spiro atoms. The molecule has 12 heteroatoms. The number of aromatic carboxylic acids is 1. The summed E-state index contributed by atoms with van der Waals surface area (Å²) in [6.07, 6.45) is 0.277. The van der Waals surface area contributed by atoms with Crippen LogP contribution in [-0.2, 0) is 29.1 Å². The van der Waals surface area contributed by atoms with Crippen molar-refractivity contribution in [2.24, 2.45) is 0 Å². The molecular weight excluding hydrogens is 536 g/mol. The fourth-order valence-electron chi connectivity index (χ4n) is 4.86. The van der Waals surface area contributed by atoms with Crippen LogP contribution in [0.2, 0.25) is 0 Å². The maximum Gasteiger partial charge on any atom is 0.394 e. The van der Waals surface area contributed by atoms with Gasteiger partial charge in [-0.3, -0.25) is 14.5 Å². The monoisotopic (exact) mass is 562 g/mol. The third kappa shape index (κ3) is 5.53. The summed E-state index contributed by atoms with van der Waals surface area (Å²) < 4.78 is 5.25. The Morgan fingerprint density at radius 2 is 1.85 bits per heavy atom. The number of aromatic nitrogens is 1. The minimum Gasteiger partial charge on any atom is -0.497 e. The Bertz CT molecular complexity index is 1580. The molecule has 11 nitrogen and oxygen atoms in total. The van der Waals surface area contributed by atoms with E-state index in [1.807, 2.05) is 48.5 Å². The van der Waals surface area contributed by atoms with Crippen LogP contribution in [0, 0.1) is 0 Å². The van der Waals surface area contributed by atoms with Crippen molar-refractivity contribution >= 4 is 51.0 Å². The number of carboxylic acid groups (broad SMARTS) is 2. The van der Waals surface area contributed by atoms with Crippen molar-refractivity contribution in [3.63, 3.8) is 0 Å². The number of hydrogen-bond acceptors (Lipinski definition) is 7. The molecule has 5 rings (SSSR count). The molecule has 0 radical (unpaired) electrons. The number of methoxy groups -OCH3 is 1. The van der Waals surface area contributed by atoms with Gasteiger partial charge in [0, 0.05) is 41.5 Å². The normalized spacial score (nSPS) is 14.9. The predicted molar refractivity (Wildman–Crippen MR) is 148 cm³/mol. The van der Waals surface area contributed by atoms with Crippen LogP contribution in [0.15, 0.2) is 54.6 Å². The Morgan fingerprint density at radius 3 is 2.52 bits per heavy atom. The Labute approximate surface area is 232 Å². The minimum absolute atomic E-state index is 0.0166. The lowest BCUT2D eigenvalue weighted by molar-refractivity contribution is -0.147. The standard InChI is InChI=1S/C28H26N4O7S/c1-39-18-8-6-15(7-9-18)13-32-14-22-19(23(27(35)36)26(40-22)31-25(34)28(37)38)11-17(32)12-29-24(33)21-10-16-4-2-3-5-20(16)30-21/h2-10,17,30H,11-14H2,1H3,(H,29,33)(H,31,34)(H,35,36)(H,37,38). The number of aliphatic carboxylic acids is 1. The van der Waals surface area contributed by atoms with E-state index in [0.29, 0.717) is 29.2 Å². The zero-order chi connectivity index (χ0) is 28.4. The highest BCUT2D eigenvalue weighted by Gasteiger charge is 2.34. The molecule has 3 heterocycles. The second-order valence-electron chi connectivity index (χ2n) is 9.36. The molecule has 2 aromatic heterocycles. The molecule has 1 atom stereocenters. The smallest absolute Gasteiger partial charge is 0.394 e. The van der Waals surface area contributed by atoms with E-state index in [2.05, 4.69) is 20.5 Å². The van der Waals surface area contributed by atoms with Crippen molar-refractivity contribution < 1.29 is 34.1 Å². The van der Waals surface area contributed by atoms with Gasteiger partial charge in [0.15, 0.2) is 0 Å². The molecule has 4 aromatic rings. The van der Waals surface area contributed by atoms with Crippen LogP contribution in [0.3, 0.4) is 0 Å². The average Bonchev–Trinajstić information content (AvgIpc) is 3.53. The van der Waals surface area contributed by atoms with E-state index in [0.717, 1.165) is 33.6 Å². The van der Waals surface area contributed by atoms with Crippen LogP contribution in [0.4, 0.5) is 5.00 Å². The maximum absolute atomic E-state index is 13.0. The van der Waals surface area contributed by atoms with E-state index in [4.69, 9.17) is 9.84 Å². The predicted octanol–water partition coefficient (Wildman–Crippen LogP) is 3.32. The van der Waals surface area contributed by atoms with Gasteiger partial charge < -0.3 is 30.6 Å². The second-order valence-corrected chi connectivity index (χ2v) is 10.5. The summed E-state index contributed by atoms with van der Waals surface area (Å²) in [6, 6.07) is 16.6. The highest BCUT2D eigenvalue weighted by atomic mass is 32.1. The Hall–Kier alpha value is -4.68. The van der Waals surface area contributed by atoms with Gasteiger partial charge in [0.2, 0.25) is 0 Å². The number of benzene rings is 2. The van der Waals surface area contributed by atoms with Crippen molar-refractivity contribution in [1.82, 2.24) is 15.2 Å². The molecule has 1 aliphatic rings. The summed E-state index contributed by atoms with van der Waals surface area (Å²) in [5.74, 6) is -3.85. The second kappa shape index (κ2) is 11.2. The largest absolute Gasteiger partial charge is 0.497 e. The number of nitrogens with one attached hydrogen (secondary N) is 3. The minimum atomic E-state index is -1.71. The van der Waals surface area contributed by atoms with E-state index >= 15 is 0 Å². The fourth-order valence-corrected chi connectivity index (χ4v) is 6.10. The van der Waals surface area contributed by atoms with Gasteiger partial charge in [0.25, 0.3) is 5.91 Å². The first kappa shape index (κ1) is 26.9. The number of ether oxygens (including phenoxy) is 1. The van der Waals surface area contributed by atoms with Crippen molar-refractivity contribution in [3.8, 4) is 5.75 Å². The Morgan fingerprint density at radius 1 is 1.10 bits per heavy atom. The third-order valence-electron chi connectivity index (χ3n) is 6.85. The number of fused-ring (bicyclic) bond motifs is 2. The number of para-hydroxylation sites is 1. The fraction of sp³-hybridized carbons (Fsp3) is 0.214. The molecule has 2 amide bonds. The van der Waals surface area contributed by atoms with Gasteiger partial charge in [-0.05, 0) is 41.8 Å². The number of nitrogens with zero attached hydrogens (tertiary/aromatic N) is 1. The molecule has 2 aromatic carbocycles. The lowest BCUT2D eigenvalue weighted by atomic mass is 9.95. The molecule has 40 heavy (non-hydrogen) atoms. The highest BCUT2D eigenvalue weighted by Crippen LogP contribution is 2.39. The van der Waals surface area contributed by atoms with E-state index < -0.39 is 17.8 Å². The van der Waals surface area contributed by atoms with Crippen LogP contribution in [0.5, 0.6) is 5.75 Å². The summed E-state index contributed by atoms with van der Waals surface area (Å²) in [4.78, 5) is 54.1. The lowest BCUT2D eigenvalue weighted by Gasteiger charge is -2.36. The Balaban J connectivity index is 1.42. The molecule has 0 saturated heterocycles. The summed E-state index contributed by atoms with van der Waals surface area (Å²) in [7, 11) is 1.59. The number of H-pyrrole nitrogens is 1.